The maximum atomic E-state index is 12.9. The predicted octanol–water partition coefficient (Wildman–Crippen LogP) is 3.66. The highest BCUT2D eigenvalue weighted by atomic mass is 32.1. The van der Waals surface area contributed by atoms with Gasteiger partial charge in [0.2, 0.25) is 5.91 Å². The number of aromatic nitrogens is 2. The first kappa shape index (κ1) is 17.3. The Balaban J connectivity index is 1.73. The summed E-state index contributed by atoms with van der Waals surface area (Å²) in [5.74, 6) is -0.199. The summed E-state index contributed by atoms with van der Waals surface area (Å²) < 4.78 is 39.5. The number of rotatable bonds is 4. The Morgan fingerprint density at radius 3 is 2.56 bits per heavy atom. The molecule has 0 spiro atoms. The van der Waals surface area contributed by atoms with E-state index in [4.69, 9.17) is 0 Å². The standard InChI is InChI=1S/C16H15F3N4OS/c1-22(2)11-5-3-10(4-6-11)7-13(24)21-14-15-23(9-20-14)12(8-25-15)16(17,18)19/h3-6,8-9H,7H2,1-2H3,(H,21,24). The predicted molar refractivity (Wildman–Crippen MR) is 91.2 cm³/mol. The summed E-state index contributed by atoms with van der Waals surface area (Å²) in [6.07, 6.45) is -3.28. The lowest BCUT2D eigenvalue weighted by molar-refractivity contribution is -0.141. The van der Waals surface area contributed by atoms with E-state index in [1.54, 1.807) is 0 Å². The van der Waals surface area contributed by atoms with Crippen molar-refractivity contribution >= 4 is 33.6 Å². The molecule has 25 heavy (non-hydrogen) atoms. The first-order chi connectivity index (χ1) is 11.8. The van der Waals surface area contributed by atoms with Gasteiger partial charge >= 0.3 is 6.18 Å². The Labute approximate surface area is 145 Å². The third-order valence-corrected chi connectivity index (χ3v) is 4.59. The highest BCUT2D eigenvalue weighted by molar-refractivity contribution is 7.16. The molecule has 0 aliphatic rings. The molecule has 1 amide bonds. The second-order valence-electron chi connectivity index (χ2n) is 5.67. The number of nitrogens with zero attached hydrogens (tertiary/aromatic N) is 3. The van der Waals surface area contributed by atoms with Crippen molar-refractivity contribution in [2.24, 2.45) is 0 Å². The molecule has 132 valence electrons. The third-order valence-electron chi connectivity index (χ3n) is 3.63. The van der Waals surface area contributed by atoms with Gasteiger partial charge < -0.3 is 10.2 Å². The average Bonchev–Trinajstić information content (AvgIpc) is 3.10. The third kappa shape index (κ3) is 3.60. The fourth-order valence-electron chi connectivity index (χ4n) is 2.35. The summed E-state index contributed by atoms with van der Waals surface area (Å²) in [6.45, 7) is 0. The second-order valence-corrected chi connectivity index (χ2v) is 6.53. The summed E-state index contributed by atoms with van der Waals surface area (Å²) in [5, 5.41) is 3.58. The smallest absolute Gasteiger partial charge is 0.378 e. The van der Waals surface area contributed by atoms with Crippen LogP contribution in [0.1, 0.15) is 11.3 Å². The van der Waals surface area contributed by atoms with Gasteiger partial charge in [-0.1, -0.05) is 12.1 Å². The molecule has 0 aliphatic heterocycles. The van der Waals surface area contributed by atoms with Gasteiger partial charge in [0, 0.05) is 25.2 Å². The second kappa shape index (κ2) is 6.40. The van der Waals surface area contributed by atoms with Crippen LogP contribution in [0.3, 0.4) is 0 Å². The van der Waals surface area contributed by atoms with Crippen LogP contribution in [-0.2, 0) is 17.4 Å². The Kier molecular flexibility index (Phi) is 4.42. The Morgan fingerprint density at radius 1 is 1.28 bits per heavy atom. The molecular weight excluding hydrogens is 353 g/mol. The number of hydrogen-bond donors (Lipinski definition) is 1. The Morgan fingerprint density at radius 2 is 1.96 bits per heavy atom. The van der Waals surface area contributed by atoms with E-state index < -0.39 is 11.9 Å². The van der Waals surface area contributed by atoms with Crippen molar-refractivity contribution in [1.29, 1.82) is 0 Å². The normalized spacial score (nSPS) is 11.7. The summed E-state index contributed by atoms with van der Waals surface area (Å²) in [5.41, 5.74) is 1.01. The van der Waals surface area contributed by atoms with Gasteiger partial charge in [0.05, 0.1) is 6.42 Å². The molecule has 0 radical (unpaired) electrons. The van der Waals surface area contributed by atoms with E-state index >= 15 is 0 Å². The van der Waals surface area contributed by atoms with Crippen LogP contribution in [0.5, 0.6) is 0 Å². The molecule has 2 heterocycles. The number of anilines is 2. The molecule has 1 aromatic carbocycles. The van der Waals surface area contributed by atoms with Crippen LogP contribution in [-0.4, -0.2) is 29.4 Å². The largest absolute Gasteiger partial charge is 0.432 e. The molecule has 2 aromatic heterocycles. The number of fused-ring (bicyclic) bond motifs is 1. The first-order valence-corrected chi connectivity index (χ1v) is 8.21. The molecule has 1 N–H and O–H groups in total. The van der Waals surface area contributed by atoms with Gasteiger partial charge in [-0.25, -0.2) is 4.98 Å². The zero-order chi connectivity index (χ0) is 18.2. The molecule has 0 aliphatic carbocycles. The lowest BCUT2D eigenvalue weighted by Gasteiger charge is -2.12. The number of imidazole rings is 1. The van der Waals surface area contributed by atoms with Crippen LogP contribution < -0.4 is 10.2 Å². The van der Waals surface area contributed by atoms with Gasteiger partial charge in [-0.15, -0.1) is 11.3 Å². The molecule has 0 saturated heterocycles. The van der Waals surface area contributed by atoms with Gasteiger partial charge in [-0.05, 0) is 17.7 Å². The van der Waals surface area contributed by atoms with Gasteiger partial charge in [0.15, 0.2) is 5.82 Å². The van der Waals surface area contributed by atoms with Crippen molar-refractivity contribution in [3.63, 3.8) is 0 Å². The fraction of sp³-hybridized carbons (Fsp3) is 0.250. The zero-order valence-electron chi connectivity index (χ0n) is 13.5. The number of carbonyl (C=O) groups excluding carboxylic acids is 1. The summed E-state index contributed by atoms with van der Waals surface area (Å²) in [4.78, 5) is 18.2. The zero-order valence-corrected chi connectivity index (χ0v) is 14.3. The molecule has 9 heteroatoms. The first-order valence-electron chi connectivity index (χ1n) is 7.33. The van der Waals surface area contributed by atoms with Gasteiger partial charge in [0.1, 0.15) is 16.9 Å². The number of alkyl halides is 3. The maximum Gasteiger partial charge on any atom is 0.432 e. The van der Waals surface area contributed by atoms with Crippen LogP contribution in [0, 0.1) is 0 Å². The molecule has 3 rings (SSSR count). The minimum Gasteiger partial charge on any atom is -0.378 e. The number of amides is 1. The lowest BCUT2D eigenvalue weighted by Crippen LogP contribution is -2.15. The van der Waals surface area contributed by atoms with Crippen molar-refractivity contribution in [3.05, 3.63) is 47.2 Å². The van der Waals surface area contributed by atoms with Crippen molar-refractivity contribution in [2.75, 3.05) is 24.3 Å². The van der Waals surface area contributed by atoms with Crippen LogP contribution in [0.25, 0.3) is 4.83 Å². The molecule has 0 fully saturated rings. The van der Waals surface area contributed by atoms with Crippen molar-refractivity contribution in [1.82, 2.24) is 9.38 Å². The Bertz CT molecular complexity index is 896. The van der Waals surface area contributed by atoms with Crippen LogP contribution in [0.2, 0.25) is 0 Å². The van der Waals surface area contributed by atoms with E-state index in [2.05, 4.69) is 10.3 Å². The average molecular weight is 368 g/mol. The van der Waals surface area contributed by atoms with E-state index in [1.165, 1.54) is 0 Å². The molecule has 0 bridgehead atoms. The SMILES string of the molecule is CN(C)c1ccc(CC(=O)Nc2ncn3c(C(F)(F)F)csc23)cc1. The molecule has 0 saturated carbocycles. The van der Waals surface area contributed by atoms with E-state index in [-0.39, 0.29) is 23.0 Å². The number of halogens is 3. The minimum absolute atomic E-state index is 0.115. The highest BCUT2D eigenvalue weighted by Crippen LogP contribution is 2.34. The quantitative estimate of drug-likeness (QED) is 0.765. The minimum atomic E-state index is -4.46. The number of carbonyl (C=O) groups is 1. The monoisotopic (exact) mass is 368 g/mol. The molecular formula is C16H15F3N4OS. The number of nitrogens with one attached hydrogen (secondary N) is 1. The molecule has 0 unspecified atom stereocenters. The van der Waals surface area contributed by atoms with E-state index in [0.29, 0.717) is 0 Å². The molecule has 3 aromatic rings. The summed E-state index contributed by atoms with van der Waals surface area (Å²) in [7, 11) is 3.84. The maximum absolute atomic E-state index is 12.9. The van der Waals surface area contributed by atoms with Gasteiger partial charge in [0.25, 0.3) is 0 Å². The van der Waals surface area contributed by atoms with E-state index in [1.807, 2.05) is 43.3 Å². The van der Waals surface area contributed by atoms with Gasteiger partial charge in [-0.2, -0.15) is 13.2 Å². The summed E-state index contributed by atoms with van der Waals surface area (Å²) in [6, 6.07) is 7.47. The van der Waals surface area contributed by atoms with Crippen molar-refractivity contribution in [2.45, 2.75) is 12.6 Å². The topological polar surface area (TPSA) is 49.6 Å². The van der Waals surface area contributed by atoms with Crippen LogP contribution in [0.15, 0.2) is 36.0 Å². The number of hydrogen-bond acceptors (Lipinski definition) is 4. The Hall–Kier alpha value is -2.55. The van der Waals surface area contributed by atoms with Crippen molar-refractivity contribution in [3.8, 4) is 0 Å². The van der Waals surface area contributed by atoms with Crippen LogP contribution >= 0.6 is 11.3 Å². The molecule has 5 nitrogen and oxygen atoms in total. The fourth-order valence-corrected chi connectivity index (χ4v) is 3.30. The number of benzene rings is 1. The van der Waals surface area contributed by atoms with Crippen LogP contribution in [0.4, 0.5) is 24.7 Å². The highest BCUT2D eigenvalue weighted by Gasteiger charge is 2.35. The van der Waals surface area contributed by atoms with Gasteiger partial charge in [-0.3, -0.25) is 9.20 Å². The van der Waals surface area contributed by atoms with E-state index in [0.717, 1.165) is 38.7 Å². The molecule has 0 atom stereocenters. The van der Waals surface area contributed by atoms with E-state index in [9.17, 15) is 18.0 Å². The lowest BCUT2D eigenvalue weighted by atomic mass is 10.1. The van der Waals surface area contributed by atoms with Crippen molar-refractivity contribution < 1.29 is 18.0 Å². The number of thiazole rings is 1. The summed E-state index contributed by atoms with van der Waals surface area (Å²) >= 11 is 0.888.